The molecule has 0 unspecified atom stereocenters. The van der Waals surface area contributed by atoms with Gasteiger partial charge in [0.25, 0.3) is 0 Å². The molecule has 0 aliphatic heterocycles. The van der Waals surface area contributed by atoms with Crippen LogP contribution in [0.25, 0.3) is 0 Å². The first-order valence-corrected chi connectivity index (χ1v) is 4.89. The summed E-state index contributed by atoms with van der Waals surface area (Å²) in [4.78, 5) is 26.1. The molecule has 0 saturated carbocycles. The van der Waals surface area contributed by atoms with Gasteiger partial charge in [-0.2, -0.15) is 0 Å². The van der Waals surface area contributed by atoms with E-state index in [9.17, 15) is 9.59 Å². The zero-order valence-electron chi connectivity index (χ0n) is 9.23. The lowest BCUT2D eigenvalue weighted by Gasteiger charge is -2.07. The van der Waals surface area contributed by atoms with Crippen molar-refractivity contribution in [2.45, 2.75) is 20.5 Å². The molecule has 0 saturated heterocycles. The molecule has 1 aromatic rings. The van der Waals surface area contributed by atoms with Gasteiger partial charge in [-0.25, -0.2) is 4.79 Å². The van der Waals surface area contributed by atoms with Gasteiger partial charge in [-0.15, -0.1) is 0 Å². The van der Waals surface area contributed by atoms with Crippen molar-refractivity contribution in [3.05, 3.63) is 29.6 Å². The van der Waals surface area contributed by atoms with E-state index in [1.54, 1.807) is 19.1 Å². The molecule has 0 atom stereocenters. The van der Waals surface area contributed by atoms with Gasteiger partial charge >= 0.3 is 11.9 Å². The van der Waals surface area contributed by atoms with Crippen LogP contribution in [0.2, 0.25) is 0 Å². The zero-order chi connectivity index (χ0) is 12.0. The van der Waals surface area contributed by atoms with Crippen molar-refractivity contribution in [3.8, 4) is 0 Å². The van der Waals surface area contributed by atoms with Crippen molar-refractivity contribution in [1.29, 1.82) is 0 Å². The molecule has 0 fully saturated rings. The summed E-state index contributed by atoms with van der Waals surface area (Å²) in [6.45, 7) is 3.29. The Labute approximate surface area is 93.4 Å². The predicted molar refractivity (Wildman–Crippen MR) is 55.7 cm³/mol. The number of rotatable bonds is 4. The van der Waals surface area contributed by atoms with Gasteiger partial charge in [0.2, 0.25) is 0 Å². The molecular formula is C11H13NO4. The van der Waals surface area contributed by atoms with E-state index in [0.717, 1.165) is 0 Å². The fourth-order valence-corrected chi connectivity index (χ4v) is 1.12. The fraction of sp³-hybridized carbons (Fsp3) is 0.364. The molecule has 0 spiro atoms. The van der Waals surface area contributed by atoms with Crippen molar-refractivity contribution in [3.63, 3.8) is 0 Å². The SMILES string of the molecule is CCOC(=O)c1cccnc1COC(C)=O. The highest BCUT2D eigenvalue weighted by molar-refractivity contribution is 5.90. The molecule has 0 radical (unpaired) electrons. The van der Waals surface area contributed by atoms with E-state index < -0.39 is 11.9 Å². The Hall–Kier alpha value is -1.91. The number of nitrogens with zero attached hydrogens (tertiary/aromatic N) is 1. The molecule has 5 nitrogen and oxygen atoms in total. The number of pyridine rings is 1. The minimum Gasteiger partial charge on any atom is -0.462 e. The number of aromatic nitrogens is 1. The highest BCUT2D eigenvalue weighted by Gasteiger charge is 2.13. The van der Waals surface area contributed by atoms with E-state index in [0.29, 0.717) is 17.9 Å². The molecular weight excluding hydrogens is 210 g/mol. The van der Waals surface area contributed by atoms with Crippen LogP contribution in [0.3, 0.4) is 0 Å². The third-order valence-electron chi connectivity index (χ3n) is 1.80. The average molecular weight is 223 g/mol. The lowest BCUT2D eigenvalue weighted by molar-refractivity contribution is -0.142. The van der Waals surface area contributed by atoms with Crippen LogP contribution in [0.4, 0.5) is 0 Å². The second kappa shape index (κ2) is 5.85. The van der Waals surface area contributed by atoms with Gasteiger partial charge in [0.15, 0.2) is 0 Å². The number of carbonyl (C=O) groups is 2. The third-order valence-corrected chi connectivity index (χ3v) is 1.80. The van der Waals surface area contributed by atoms with E-state index in [2.05, 4.69) is 4.98 Å². The topological polar surface area (TPSA) is 65.5 Å². The molecule has 0 aliphatic carbocycles. The molecule has 0 aromatic carbocycles. The van der Waals surface area contributed by atoms with Crippen LogP contribution >= 0.6 is 0 Å². The van der Waals surface area contributed by atoms with Gasteiger partial charge in [-0.3, -0.25) is 9.78 Å². The molecule has 0 bridgehead atoms. The number of carbonyl (C=O) groups excluding carboxylic acids is 2. The monoisotopic (exact) mass is 223 g/mol. The van der Waals surface area contributed by atoms with Gasteiger partial charge in [0.05, 0.1) is 17.9 Å². The minimum absolute atomic E-state index is 0.0235. The summed E-state index contributed by atoms with van der Waals surface area (Å²) in [6, 6.07) is 3.22. The van der Waals surface area contributed by atoms with Crippen LogP contribution < -0.4 is 0 Å². The quantitative estimate of drug-likeness (QED) is 0.720. The second-order valence-electron chi connectivity index (χ2n) is 3.00. The summed E-state index contributed by atoms with van der Waals surface area (Å²) in [5, 5.41) is 0. The lowest BCUT2D eigenvalue weighted by atomic mass is 10.2. The van der Waals surface area contributed by atoms with Crippen LogP contribution in [0.1, 0.15) is 29.9 Å². The normalized spacial score (nSPS) is 9.62. The Kier molecular flexibility index (Phi) is 4.44. The molecule has 86 valence electrons. The van der Waals surface area contributed by atoms with Crippen LogP contribution in [-0.4, -0.2) is 23.5 Å². The zero-order valence-corrected chi connectivity index (χ0v) is 9.23. The van der Waals surface area contributed by atoms with Crippen molar-refractivity contribution >= 4 is 11.9 Å². The molecule has 5 heteroatoms. The highest BCUT2D eigenvalue weighted by atomic mass is 16.5. The second-order valence-corrected chi connectivity index (χ2v) is 3.00. The maximum Gasteiger partial charge on any atom is 0.340 e. The minimum atomic E-state index is -0.460. The Morgan fingerprint density at radius 3 is 2.75 bits per heavy atom. The number of hydrogen-bond acceptors (Lipinski definition) is 5. The Bertz CT molecular complexity index is 389. The molecule has 1 aromatic heterocycles. The molecule has 1 rings (SSSR count). The van der Waals surface area contributed by atoms with E-state index >= 15 is 0 Å². The first-order valence-electron chi connectivity index (χ1n) is 4.89. The van der Waals surface area contributed by atoms with Gasteiger partial charge in [0, 0.05) is 13.1 Å². The summed E-state index contributed by atoms with van der Waals surface area (Å²) >= 11 is 0. The average Bonchev–Trinajstić information content (AvgIpc) is 2.27. The summed E-state index contributed by atoms with van der Waals surface area (Å²) in [6.07, 6.45) is 1.53. The first kappa shape index (κ1) is 12.2. The summed E-state index contributed by atoms with van der Waals surface area (Å²) in [5.41, 5.74) is 0.724. The smallest absolute Gasteiger partial charge is 0.340 e. The molecule has 16 heavy (non-hydrogen) atoms. The van der Waals surface area contributed by atoms with Crippen molar-refractivity contribution in [1.82, 2.24) is 4.98 Å². The Morgan fingerprint density at radius 1 is 1.38 bits per heavy atom. The van der Waals surface area contributed by atoms with Crippen LogP contribution in [-0.2, 0) is 20.9 Å². The summed E-state index contributed by atoms with van der Waals surface area (Å²) < 4.78 is 9.64. The maximum absolute atomic E-state index is 11.5. The van der Waals surface area contributed by atoms with Gasteiger partial charge in [-0.05, 0) is 19.1 Å². The number of esters is 2. The summed E-state index contributed by atoms with van der Waals surface area (Å²) in [5.74, 6) is -0.877. The largest absolute Gasteiger partial charge is 0.462 e. The van der Waals surface area contributed by atoms with E-state index in [1.807, 2.05) is 0 Å². The maximum atomic E-state index is 11.5. The predicted octanol–water partition coefficient (Wildman–Crippen LogP) is 1.32. The van der Waals surface area contributed by atoms with E-state index in [4.69, 9.17) is 9.47 Å². The highest BCUT2D eigenvalue weighted by Crippen LogP contribution is 2.08. The van der Waals surface area contributed by atoms with E-state index in [1.165, 1.54) is 13.1 Å². The number of ether oxygens (including phenoxy) is 2. The lowest BCUT2D eigenvalue weighted by Crippen LogP contribution is -2.11. The van der Waals surface area contributed by atoms with Gasteiger partial charge < -0.3 is 9.47 Å². The molecule has 0 N–H and O–H groups in total. The molecule has 0 aliphatic rings. The fourth-order valence-electron chi connectivity index (χ4n) is 1.12. The van der Waals surface area contributed by atoms with Crippen molar-refractivity contribution in [2.75, 3.05) is 6.61 Å². The van der Waals surface area contributed by atoms with Crippen molar-refractivity contribution < 1.29 is 19.1 Å². The molecule has 1 heterocycles. The standard InChI is InChI=1S/C11H13NO4/c1-3-15-11(14)9-5-4-6-12-10(9)7-16-8(2)13/h4-6H,3,7H2,1-2H3. The third kappa shape index (κ3) is 3.34. The van der Waals surface area contributed by atoms with Crippen LogP contribution in [0.5, 0.6) is 0 Å². The van der Waals surface area contributed by atoms with Crippen molar-refractivity contribution in [2.24, 2.45) is 0 Å². The van der Waals surface area contributed by atoms with Crippen LogP contribution in [0.15, 0.2) is 18.3 Å². The van der Waals surface area contributed by atoms with Gasteiger partial charge in [0.1, 0.15) is 6.61 Å². The Morgan fingerprint density at radius 2 is 2.12 bits per heavy atom. The van der Waals surface area contributed by atoms with Gasteiger partial charge in [-0.1, -0.05) is 0 Å². The van der Waals surface area contributed by atoms with Crippen LogP contribution in [0, 0.1) is 0 Å². The van der Waals surface area contributed by atoms with E-state index in [-0.39, 0.29) is 6.61 Å². The first-order chi connectivity index (χ1) is 7.65. The summed E-state index contributed by atoms with van der Waals surface area (Å²) in [7, 11) is 0. The Balaban J connectivity index is 2.82. The molecule has 0 amide bonds. The number of hydrogen-bond donors (Lipinski definition) is 0.